The van der Waals surface area contributed by atoms with Crippen LogP contribution in [0.1, 0.15) is 69.9 Å². The van der Waals surface area contributed by atoms with Crippen molar-refractivity contribution in [1.29, 1.82) is 0 Å². The molecule has 1 atom stereocenters. The predicted octanol–water partition coefficient (Wildman–Crippen LogP) is 5.88. The number of carboxylic acids is 1. The number of aryl methyl sites for hydroxylation is 1. The van der Waals surface area contributed by atoms with Gasteiger partial charge in [-0.1, -0.05) is 72.8 Å². The Hall–Kier alpha value is -1.34. The van der Waals surface area contributed by atoms with E-state index in [1.165, 1.54) is 31.1 Å². The maximum Gasteiger partial charge on any atom is 0.326 e. The number of unbranched alkanes of at least 4 members (excludes halogenated alkanes) is 5. The van der Waals surface area contributed by atoms with Crippen molar-refractivity contribution in [2.45, 2.75) is 78.7 Å². The van der Waals surface area contributed by atoms with Crippen molar-refractivity contribution < 1.29 is 19.5 Å². The van der Waals surface area contributed by atoms with Crippen LogP contribution in [0.5, 0.6) is 0 Å². The maximum atomic E-state index is 12.9. The summed E-state index contributed by atoms with van der Waals surface area (Å²) in [6, 6.07) is 2.70. The van der Waals surface area contributed by atoms with Crippen LogP contribution in [0.4, 0.5) is 5.69 Å². The van der Waals surface area contributed by atoms with Gasteiger partial charge in [-0.25, -0.2) is 4.79 Å². The fourth-order valence-electron chi connectivity index (χ4n) is 3.16. The van der Waals surface area contributed by atoms with Gasteiger partial charge < -0.3 is 5.11 Å². The van der Waals surface area contributed by atoms with Crippen molar-refractivity contribution in [3.05, 3.63) is 27.7 Å². The van der Waals surface area contributed by atoms with Crippen molar-refractivity contribution in [3.8, 4) is 0 Å². The molecule has 0 saturated carbocycles. The Labute approximate surface area is 186 Å². The van der Waals surface area contributed by atoms with Crippen LogP contribution in [-0.4, -0.2) is 33.9 Å². The lowest BCUT2D eigenvalue weighted by Gasteiger charge is -2.30. The molecule has 0 spiro atoms. The number of carbonyl (C=O) groups is 3. The SMILES string of the molecule is CCCCCCCCC(=O)SCC(=O)N(c1c(C)ccc(Br)c1C)[C@@H](C)C(=O)O. The van der Waals surface area contributed by atoms with Gasteiger partial charge >= 0.3 is 5.97 Å². The second kappa shape index (κ2) is 13.1. The molecule has 0 aromatic heterocycles. The molecule has 0 bridgehead atoms. The molecule has 0 saturated heterocycles. The Morgan fingerprint density at radius 1 is 1.10 bits per heavy atom. The summed E-state index contributed by atoms with van der Waals surface area (Å²) in [6.07, 6.45) is 7.07. The minimum Gasteiger partial charge on any atom is -0.480 e. The highest BCUT2D eigenvalue weighted by atomic mass is 79.9. The van der Waals surface area contributed by atoms with Crippen LogP contribution < -0.4 is 4.90 Å². The van der Waals surface area contributed by atoms with Crippen LogP contribution in [0, 0.1) is 13.8 Å². The average molecular weight is 486 g/mol. The molecule has 5 nitrogen and oxygen atoms in total. The van der Waals surface area contributed by atoms with Gasteiger partial charge in [0.05, 0.1) is 11.4 Å². The zero-order valence-corrected chi connectivity index (χ0v) is 20.2. The van der Waals surface area contributed by atoms with E-state index in [9.17, 15) is 19.5 Å². The summed E-state index contributed by atoms with van der Waals surface area (Å²) in [4.78, 5) is 38.0. The second-order valence-corrected chi connectivity index (χ2v) is 9.18. The van der Waals surface area contributed by atoms with E-state index in [2.05, 4.69) is 22.9 Å². The molecule has 0 aliphatic carbocycles. The van der Waals surface area contributed by atoms with E-state index in [-0.39, 0.29) is 16.8 Å². The third-order valence-electron chi connectivity index (χ3n) is 4.91. The number of thioether (sulfide) groups is 1. The van der Waals surface area contributed by atoms with Crippen molar-refractivity contribution in [3.63, 3.8) is 0 Å². The first-order chi connectivity index (χ1) is 13.7. The fourth-order valence-corrected chi connectivity index (χ4v) is 4.19. The molecular formula is C22H32BrNO4S. The first kappa shape index (κ1) is 25.7. The van der Waals surface area contributed by atoms with E-state index >= 15 is 0 Å². The zero-order valence-electron chi connectivity index (χ0n) is 17.8. The molecule has 1 amide bonds. The van der Waals surface area contributed by atoms with Crippen LogP contribution in [0.15, 0.2) is 16.6 Å². The number of halogens is 1. The first-order valence-corrected chi connectivity index (χ1v) is 11.9. The molecule has 1 aromatic carbocycles. The highest BCUT2D eigenvalue weighted by Crippen LogP contribution is 2.32. The number of rotatable bonds is 12. The number of hydrogen-bond acceptors (Lipinski definition) is 4. The van der Waals surface area contributed by atoms with Crippen molar-refractivity contribution >= 4 is 50.4 Å². The minimum atomic E-state index is -1.08. The first-order valence-electron chi connectivity index (χ1n) is 10.2. The van der Waals surface area contributed by atoms with Gasteiger partial charge in [-0.15, -0.1) is 0 Å². The normalized spacial score (nSPS) is 11.9. The summed E-state index contributed by atoms with van der Waals surface area (Å²) in [6.45, 7) is 7.35. The van der Waals surface area contributed by atoms with Gasteiger partial charge in [0, 0.05) is 10.9 Å². The third kappa shape index (κ3) is 8.13. The number of nitrogens with zero attached hydrogens (tertiary/aromatic N) is 1. The van der Waals surface area contributed by atoms with Gasteiger partial charge in [0.1, 0.15) is 6.04 Å². The van der Waals surface area contributed by atoms with Crippen LogP contribution in [0.3, 0.4) is 0 Å². The number of anilines is 1. The molecule has 29 heavy (non-hydrogen) atoms. The van der Waals surface area contributed by atoms with Crippen LogP contribution in [0.2, 0.25) is 0 Å². The number of carboxylic acid groups (broad SMARTS) is 1. The summed E-state index contributed by atoms with van der Waals surface area (Å²) in [5.41, 5.74) is 2.20. The molecule has 0 aliphatic heterocycles. The van der Waals surface area contributed by atoms with E-state index in [4.69, 9.17) is 0 Å². The largest absolute Gasteiger partial charge is 0.480 e. The predicted molar refractivity (Wildman–Crippen MR) is 124 cm³/mol. The van der Waals surface area contributed by atoms with Crippen molar-refractivity contribution in [1.82, 2.24) is 0 Å². The molecule has 7 heteroatoms. The molecule has 1 rings (SSSR count). The summed E-state index contributed by atoms with van der Waals surface area (Å²) in [7, 11) is 0. The lowest BCUT2D eigenvalue weighted by atomic mass is 10.1. The lowest BCUT2D eigenvalue weighted by Crippen LogP contribution is -2.45. The second-order valence-electron chi connectivity index (χ2n) is 7.29. The van der Waals surface area contributed by atoms with Crippen LogP contribution >= 0.6 is 27.7 Å². The topological polar surface area (TPSA) is 74.7 Å². The Balaban J connectivity index is 2.77. The molecule has 0 heterocycles. The van der Waals surface area contributed by atoms with E-state index in [1.54, 1.807) is 0 Å². The molecule has 0 radical (unpaired) electrons. The van der Waals surface area contributed by atoms with Crippen molar-refractivity contribution in [2.24, 2.45) is 0 Å². The lowest BCUT2D eigenvalue weighted by molar-refractivity contribution is -0.139. The summed E-state index contributed by atoms with van der Waals surface area (Å²) in [5.74, 6) is -1.51. The highest BCUT2D eigenvalue weighted by molar-refractivity contribution is 9.10. The molecule has 1 N–H and O–H groups in total. The van der Waals surface area contributed by atoms with Gasteiger partial charge in [-0.2, -0.15) is 0 Å². The Morgan fingerprint density at radius 2 is 1.72 bits per heavy atom. The zero-order chi connectivity index (χ0) is 22.0. The molecule has 0 fully saturated rings. The number of hydrogen-bond donors (Lipinski definition) is 1. The summed E-state index contributed by atoms with van der Waals surface area (Å²) < 4.78 is 0.806. The molecular weight excluding hydrogens is 454 g/mol. The number of aliphatic carboxylic acids is 1. The van der Waals surface area contributed by atoms with Crippen LogP contribution in [0.25, 0.3) is 0 Å². The molecule has 162 valence electrons. The minimum absolute atomic E-state index is 0.0144. The van der Waals surface area contributed by atoms with Crippen molar-refractivity contribution in [2.75, 3.05) is 10.7 Å². The van der Waals surface area contributed by atoms with Gasteiger partial charge in [0.25, 0.3) is 0 Å². The number of amides is 1. The monoisotopic (exact) mass is 485 g/mol. The highest BCUT2D eigenvalue weighted by Gasteiger charge is 2.30. The quantitative estimate of drug-likeness (QED) is 0.374. The smallest absolute Gasteiger partial charge is 0.326 e. The van der Waals surface area contributed by atoms with E-state index in [0.29, 0.717) is 12.1 Å². The Morgan fingerprint density at radius 3 is 2.34 bits per heavy atom. The molecule has 0 aliphatic rings. The van der Waals surface area contributed by atoms with Crippen LogP contribution in [-0.2, 0) is 14.4 Å². The Bertz CT molecular complexity index is 723. The summed E-state index contributed by atoms with van der Waals surface area (Å²) in [5, 5.41) is 9.50. The average Bonchev–Trinajstić information content (AvgIpc) is 2.68. The van der Waals surface area contributed by atoms with Gasteiger partial charge in [0.15, 0.2) is 5.12 Å². The molecule has 0 unspecified atom stereocenters. The van der Waals surface area contributed by atoms with E-state index in [0.717, 1.165) is 46.6 Å². The maximum absolute atomic E-state index is 12.9. The standard InChI is InChI=1S/C22H32BrNO4S/c1-5-6-7-8-9-10-11-20(26)29-14-19(25)24(17(4)22(27)28)21-15(2)12-13-18(23)16(21)3/h12-13,17H,5-11,14H2,1-4H3,(H,27,28)/t17-/m0/s1. The Kier molecular flexibility index (Phi) is 11.6. The third-order valence-corrected chi connectivity index (χ3v) is 6.69. The number of benzene rings is 1. The molecule has 1 aromatic rings. The number of carbonyl (C=O) groups excluding carboxylic acids is 2. The van der Waals surface area contributed by atoms with Gasteiger partial charge in [-0.05, 0) is 44.4 Å². The van der Waals surface area contributed by atoms with E-state index in [1.807, 2.05) is 26.0 Å². The summed E-state index contributed by atoms with van der Waals surface area (Å²) >= 11 is 4.44. The van der Waals surface area contributed by atoms with Gasteiger partial charge in [-0.3, -0.25) is 14.5 Å². The fraction of sp³-hybridized carbons (Fsp3) is 0.591. The van der Waals surface area contributed by atoms with Gasteiger partial charge in [0.2, 0.25) is 5.91 Å². The van der Waals surface area contributed by atoms with E-state index < -0.39 is 12.0 Å².